The first-order valence-corrected chi connectivity index (χ1v) is 15.0. The minimum Gasteiger partial charge on any atom is -0.496 e. The highest BCUT2D eigenvalue weighted by Gasteiger charge is 2.36. The summed E-state index contributed by atoms with van der Waals surface area (Å²) in [7, 11) is 3.14. The second-order valence-corrected chi connectivity index (χ2v) is 12.0. The summed E-state index contributed by atoms with van der Waals surface area (Å²) in [6.45, 7) is 3.98. The van der Waals surface area contributed by atoms with E-state index in [4.69, 9.17) is 19.2 Å². The second-order valence-electron chi connectivity index (χ2n) is 8.31. The maximum absolute atomic E-state index is 14.0. The van der Waals surface area contributed by atoms with Crippen LogP contribution in [0.4, 0.5) is 0 Å². The Morgan fingerprint density at radius 2 is 1.87 bits per heavy atom. The first kappa shape index (κ1) is 28.8. The van der Waals surface area contributed by atoms with Gasteiger partial charge in [-0.25, -0.2) is 9.79 Å². The molecule has 3 aromatic rings. The van der Waals surface area contributed by atoms with E-state index in [1.54, 1.807) is 37.9 Å². The molecule has 0 saturated heterocycles. The lowest BCUT2D eigenvalue weighted by Crippen LogP contribution is -2.40. The number of carbonyl (C=O) groups is 1. The Bertz CT molecular complexity index is 1610. The SMILES string of the molecule is CCCC1=C(C(=O)OCC)[C@@H](c2cc(Br)ccc2OC)n2c(s/c(=C/c3cc(Br)cc(Br)c3OC)c2=O)=N1. The van der Waals surface area contributed by atoms with Crippen molar-refractivity contribution in [3.63, 3.8) is 0 Å². The minimum atomic E-state index is -0.780. The minimum absolute atomic E-state index is 0.200. The number of aromatic nitrogens is 1. The van der Waals surface area contributed by atoms with Gasteiger partial charge in [-0.05, 0) is 65.7 Å². The lowest BCUT2D eigenvalue weighted by Gasteiger charge is -2.27. The molecule has 1 aliphatic heterocycles. The first-order valence-electron chi connectivity index (χ1n) is 11.8. The van der Waals surface area contributed by atoms with Gasteiger partial charge < -0.3 is 14.2 Å². The molecule has 0 unspecified atom stereocenters. The average Bonchev–Trinajstić information content (AvgIpc) is 3.17. The Hall–Kier alpha value is -2.21. The molecule has 7 nitrogen and oxygen atoms in total. The van der Waals surface area contributed by atoms with Crippen molar-refractivity contribution in [2.45, 2.75) is 32.7 Å². The normalized spacial score (nSPS) is 15.2. The van der Waals surface area contributed by atoms with Crippen LogP contribution in [0.1, 0.15) is 43.9 Å². The highest BCUT2D eigenvalue weighted by Crippen LogP contribution is 2.38. The summed E-state index contributed by atoms with van der Waals surface area (Å²) in [6, 6.07) is 8.50. The lowest BCUT2D eigenvalue weighted by molar-refractivity contribution is -0.139. The number of halogens is 3. The van der Waals surface area contributed by atoms with Crippen LogP contribution in [0.5, 0.6) is 11.5 Å². The van der Waals surface area contributed by atoms with Crippen molar-refractivity contribution in [1.82, 2.24) is 4.57 Å². The highest BCUT2D eigenvalue weighted by atomic mass is 79.9. The van der Waals surface area contributed by atoms with Gasteiger partial charge in [0.15, 0.2) is 4.80 Å². The molecule has 0 amide bonds. The third-order valence-corrected chi connectivity index (χ3v) is 8.43. The number of benzene rings is 2. The van der Waals surface area contributed by atoms with Gasteiger partial charge >= 0.3 is 5.97 Å². The van der Waals surface area contributed by atoms with E-state index in [0.717, 1.165) is 19.8 Å². The molecule has 0 spiro atoms. The number of carbonyl (C=O) groups excluding carboxylic acids is 1. The molecule has 0 bridgehead atoms. The zero-order valence-electron chi connectivity index (χ0n) is 21.1. The summed E-state index contributed by atoms with van der Waals surface area (Å²) in [5.41, 5.74) is 2.04. The van der Waals surface area contributed by atoms with Gasteiger partial charge in [-0.2, -0.15) is 0 Å². The summed E-state index contributed by atoms with van der Waals surface area (Å²) < 4.78 is 21.1. The van der Waals surface area contributed by atoms with Crippen molar-refractivity contribution in [2.75, 3.05) is 20.8 Å². The summed E-state index contributed by atoms with van der Waals surface area (Å²) in [5, 5.41) is 0. The van der Waals surface area contributed by atoms with Crippen LogP contribution >= 0.6 is 59.1 Å². The van der Waals surface area contributed by atoms with Crippen molar-refractivity contribution in [3.8, 4) is 11.5 Å². The smallest absolute Gasteiger partial charge is 0.338 e. The summed E-state index contributed by atoms with van der Waals surface area (Å²) >= 11 is 11.8. The number of hydrogen-bond donors (Lipinski definition) is 0. The third kappa shape index (κ3) is 5.57. The molecule has 38 heavy (non-hydrogen) atoms. The van der Waals surface area contributed by atoms with Crippen molar-refractivity contribution >= 4 is 71.2 Å². The van der Waals surface area contributed by atoms with E-state index in [1.165, 1.54) is 11.3 Å². The van der Waals surface area contributed by atoms with Gasteiger partial charge in [0.25, 0.3) is 5.56 Å². The molecule has 11 heteroatoms. The molecule has 0 saturated carbocycles. The van der Waals surface area contributed by atoms with E-state index < -0.39 is 12.0 Å². The topological polar surface area (TPSA) is 79.1 Å². The van der Waals surface area contributed by atoms with E-state index >= 15 is 0 Å². The fourth-order valence-electron chi connectivity index (χ4n) is 4.38. The van der Waals surface area contributed by atoms with Crippen molar-refractivity contribution in [3.05, 3.63) is 85.8 Å². The average molecular weight is 729 g/mol. The summed E-state index contributed by atoms with van der Waals surface area (Å²) in [6.07, 6.45) is 3.10. The third-order valence-electron chi connectivity index (χ3n) is 5.91. The number of esters is 1. The van der Waals surface area contributed by atoms with E-state index in [2.05, 4.69) is 47.8 Å². The van der Waals surface area contributed by atoms with Crippen LogP contribution in [-0.2, 0) is 9.53 Å². The molecular formula is C27H25Br3N2O5S. The zero-order valence-corrected chi connectivity index (χ0v) is 26.7. The predicted octanol–water partition coefficient (Wildman–Crippen LogP) is 5.88. The zero-order chi connectivity index (χ0) is 27.6. The maximum atomic E-state index is 14.0. The van der Waals surface area contributed by atoms with Gasteiger partial charge in [-0.1, -0.05) is 56.5 Å². The number of rotatable bonds is 8. The van der Waals surface area contributed by atoms with Gasteiger partial charge in [0.2, 0.25) is 0 Å². The fraction of sp³-hybridized carbons (Fsp3) is 0.296. The maximum Gasteiger partial charge on any atom is 0.338 e. The van der Waals surface area contributed by atoms with E-state index in [-0.39, 0.29) is 12.2 Å². The summed E-state index contributed by atoms with van der Waals surface area (Å²) in [5.74, 6) is 0.645. The number of thiazole rings is 1. The molecule has 0 N–H and O–H groups in total. The number of nitrogens with zero attached hydrogens (tertiary/aromatic N) is 2. The Labute approximate surface area is 249 Å². The van der Waals surface area contributed by atoms with Gasteiger partial charge in [0.05, 0.1) is 41.1 Å². The summed E-state index contributed by atoms with van der Waals surface area (Å²) in [4.78, 5) is 32.7. The van der Waals surface area contributed by atoms with Crippen molar-refractivity contribution in [2.24, 2.45) is 4.99 Å². The standard InChI is InChI=1S/C27H25Br3N2O5S/c1-5-7-19-22(26(34)37-6-2)23(17-12-15(28)8-9-20(17)35-3)32-25(33)21(38-27(32)31-19)11-14-10-16(29)13-18(30)24(14)36-4/h8-13,23H,5-7H2,1-4H3/b21-11+/t23-/m1/s1. The quantitative estimate of drug-likeness (QED) is 0.271. The molecule has 0 radical (unpaired) electrons. The van der Waals surface area contributed by atoms with Gasteiger partial charge in [0.1, 0.15) is 17.5 Å². The lowest BCUT2D eigenvalue weighted by atomic mass is 9.93. The van der Waals surface area contributed by atoms with Crippen LogP contribution in [0, 0.1) is 0 Å². The molecule has 200 valence electrons. The molecule has 1 atom stereocenters. The largest absolute Gasteiger partial charge is 0.496 e. The second kappa shape index (κ2) is 12.3. The Morgan fingerprint density at radius 3 is 2.53 bits per heavy atom. The molecule has 1 aliphatic rings. The van der Waals surface area contributed by atoms with Crippen LogP contribution in [-0.4, -0.2) is 31.4 Å². The number of hydrogen-bond acceptors (Lipinski definition) is 7. The van der Waals surface area contributed by atoms with E-state index in [1.807, 2.05) is 31.2 Å². The van der Waals surface area contributed by atoms with Crippen molar-refractivity contribution < 1.29 is 19.0 Å². The van der Waals surface area contributed by atoms with Crippen LogP contribution in [0.2, 0.25) is 0 Å². The van der Waals surface area contributed by atoms with Crippen LogP contribution in [0.15, 0.2) is 64.8 Å². The van der Waals surface area contributed by atoms with Crippen LogP contribution in [0.25, 0.3) is 6.08 Å². The monoisotopic (exact) mass is 726 g/mol. The fourth-order valence-corrected chi connectivity index (χ4v) is 7.19. The van der Waals surface area contributed by atoms with Crippen molar-refractivity contribution in [1.29, 1.82) is 0 Å². The number of fused-ring (bicyclic) bond motifs is 1. The van der Waals surface area contributed by atoms with Gasteiger partial charge in [-0.15, -0.1) is 0 Å². The van der Waals surface area contributed by atoms with Crippen LogP contribution in [0.3, 0.4) is 0 Å². The Morgan fingerprint density at radius 1 is 1.11 bits per heavy atom. The van der Waals surface area contributed by atoms with Gasteiger partial charge in [-0.3, -0.25) is 9.36 Å². The molecule has 1 aromatic heterocycles. The molecule has 0 aliphatic carbocycles. The van der Waals surface area contributed by atoms with Crippen LogP contribution < -0.4 is 24.4 Å². The molecule has 2 aromatic carbocycles. The van der Waals surface area contributed by atoms with Gasteiger partial charge in [0, 0.05) is 20.1 Å². The Kier molecular flexibility index (Phi) is 9.33. The number of ether oxygens (including phenoxy) is 3. The first-order chi connectivity index (χ1) is 18.2. The molecule has 0 fully saturated rings. The number of allylic oxidation sites excluding steroid dienone is 1. The highest BCUT2D eigenvalue weighted by molar-refractivity contribution is 9.11. The van der Waals surface area contributed by atoms with E-state index in [9.17, 15) is 9.59 Å². The van der Waals surface area contributed by atoms with E-state index in [0.29, 0.717) is 49.7 Å². The molecular weight excluding hydrogens is 704 g/mol. The molecule has 4 rings (SSSR count). The molecule has 2 heterocycles. The number of methoxy groups -OCH3 is 2. The predicted molar refractivity (Wildman–Crippen MR) is 159 cm³/mol. The Balaban J connectivity index is 2.08.